The molecule has 0 saturated heterocycles. The van der Waals surface area contributed by atoms with Crippen LogP contribution in [-0.4, -0.2) is 19.6 Å². The monoisotopic (exact) mass is 452 g/mol. The van der Waals surface area contributed by atoms with Crippen LogP contribution in [0.2, 0.25) is 0 Å². The first-order chi connectivity index (χ1) is 15.5. The van der Waals surface area contributed by atoms with Crippen molar-refractivity contribution in [3.63, 3.8) is 0 Å². The Morgan fingerprint density at radius 1 is 0.970 bits per heavy atom. The molecule has 0 N–H and O–H groups in total. The first kappa shape index (κ1) is 22.8. The Labute approximate surface area is 209 Å². The van der Waals surface area contributed by atoms with Gasteiger partial charge in [-0.3, -0.25) is 0 Å². The number of aromatic nitrogens is 4. The molecule has 0 bridgehead atoms. The molecule has 0 spiro atoms. The van der Waals surface area contributed by atoms with Gasteiger partial charge < -0.3 is 9.84 Å². The zero-order valence-electron chi connectivity index (χ0n) is 17.8. The number of aryl methyl sites for hydroxylation is 1. The molecule has 0 saturated carbocycles. The first-order valence-corrected chi connectivity index (χ1v) is 9.72. The Morgan fingerprint density at radius 2 is 1.76 bits per heavy atom. The quantitative estimate of drug-likeness (QED) is 0.390. The van der Waals surface area contributed by atoms with Crippen molar-refractivity contribution < 1.29 is 48.2 Å². The molecule has 6 nitrogen and oxygen atoms in total. The number of nitrogens with zero attached hydrogens (tertiary/aromatic N) is 4. The number of fused-ring (bicyclic) bond motifs is 1. The third-order valence-corrected chi connectivity index (χ3v) is 4.93. The zero-order valence-corrected chi connectivity index (χ0v) is 19.8. The summed E-state index contributed by atoms with van der Waals surface area (Å²) in [5, 5.41) is 16.9. The molecule has 0 aliphatic carbocycles. The Kier molecular flexibility index (Phi) is 6.42. The van der Waals surface area contributed by atoms with Gasteiger partial charge in [-0.05, 0) is 49.2 Å². The van der Waals surface area contributed by atoms with E-state index in [1.807, 2.05) is 30.3 Å². The Hall–Kier alpha value is -3.33. The van der Waals surface area contributed by atoms with Gasteiger partial charge in [0.05, 0.1) is 17.0 Å². The number of ether oxygens (including phenoxy) is 1. The van der Waals surface area contributed by atoms with Crippen LogP contribution in [0, 0.1) is 18.6 Å². The van der Waals surface area contributed by atoms with Gasteiger partial charge in [-0.1, -0.05) is 18.2 Å². The van der Waals surface area contributed by atoms with Crippen LogP contribution in [0.25, 0.3) is 28.0 Å². The van der Waals surface area contributed by atoms with Crippen LogP contribution in [0.5, 0.6) is 17.5 Å². The van der Waals surface area contributed by atoms with Gasteiger partial charge in [-0.15, -0.1) is 0 Å². The second kappa shape index (κ2) is 9.27. The molecule has 2 aromatic carbocycles. The standard InChI is InChI=1S/C24H16F2N4O2.Na/c1-14-23(18-9-8-16(25)11-19(18)26)24-28-20(12-22(31)30(24)29-14)15-7-10-21(27-13-15)32-17-5-3-2-4-6-17;/h2-13,31H,1H3;/q;+1/p-1. The summed E-state index contributed by atoms with van der Waals surface area (Å²) >= 11 is 0. The van der Waals surface area contributed by atoms with Crippen molar-refractivity contribution in [2.45, 2.75) is 6.92 Å². The molecule has 9 heteroatoms. The maximum atomic E-state index is 14.5. The van der Waals surface area contributed by atoms with E-state index in [0.29, 0.717) is 34.1 Å². The van der Waals surface area contributed by atoms with E-state index in [0.717, 1.165) is 16.6 Å². The van der Waals surface area contributed by atoms with E-state index in [9.17, 15) is 13.9 Å². The molecule has 5 aromatic rings. The molecule has 0 amide bonds. The van der Waals surface area contributed by atoms with Crippen molar-refractivity contribution in [1.29, 1.82) is 0 Å². The number of benzene rings is 2. The van der Waals surface area contributed by atoms with Crippen LogP contribution in [0.15, 0.2) is 72.9 Å². The van der Waals surface area contributed by atoms with Crippen molar-refractivity contribution in [1.82, 2.24) is 19.6 Å². The molecule has 0 unspecified atom stereocenters. The number of hydrogen-bond acceptors (Lipinski definition) is 5. The maximum absolute atomic E-state index is 14.5. The van der Waals surface area contributed by atoms with Crippen molar-refractivity contribution in [2.24, 2.45) is 0 Å². The van der Waals surface area contributed by atoms with E-state index in [2.05, 4.69) is 15.1 Å². The Balaban J connectivity index is 0.00000259. The molecule has 5 rings (SSSR count). The minimum Gasteiger partial charge on any atom is -0.858 e. The van der Waals surface area contributed by atoms with Gasteiger partial charge in [0.25, 0.3) is 0 Å². The third kappa shape index (κ3) is 4.45. The molecule has 0 aliphatic rings. The summed E-state index contributed by atoms with van der Waals surface area (Å²) in [5.41, 5.74) is 1.97. The first-order valence-electron chi connectivity index (χ1n) is 9.72. The van der Waals surface area contributed by atoms with Gasteiger partial charge in [0.2, 0.25) is 5.88 Å². The average Bonchev–Trinajstić information content (AvgIpc) is 3.11. The summed E-state index contributed by atoms with van der Waals surface area (Å²) in [4.78, 5) is 8.82. The van der Waals surface area contributed by atoms with E-state index >= 15 is 0 Å². The maximum Gasteiger partial charge on any atom is 1.00 e. The largest absolute Gasteiger partial charge is 1.00 e. The minimum atomic E-state index is -0.758. The minimum absolute atomic E-state index is 0. The molecule has 0 radical (unpaired) electrons. The number of para-hydroxylation sites is 1. The summed E-state index contributed by atoms with van der Waals surface area (Å²) in [6.07, 6.45) is 1.54. The Bertz CT molecular complexity index is 1440. The SMILES string of the molecule is Cc1nn2c([O-])cc(-c3ccc(Oc4ccccc4)nc3)nc2c1-c1ccc(F)cc1F.[Na+]. The summed E-state index contributed by atoms with van der Waals surface area (Å²) < 4.78 is 34.6. The topological polar surface area (TPSA) is 75.4 Å². The fourth-order valence-corrected chi connectivity index (χ4v) is 3.45. The predicted molar refractivity (Wildman–Crippen MR) is 112 cm³/mol. The van der Waals surface area contributed by atoms with Crippen LogP contribution in [-0.2, 0) is 0 Å². The molecule has 0 fully saturated rings. The van der Waals surface area contributed by atoms with E-state index in [1.54, 1.807) is 19.1 Å². The van der Waals surface area contributed by atoms with Crippen LogP contribution >= 0.6 is 0 Å². The van der Waals surface area contributed by atoms with Crippen molar-refractivity contribution in [3.8, 4) is 39.9 Å². The van der Waals surface area contributed by atoms with Gasteiger partial charge in [0, 0.05) is 29.5 Å². The number of rotatable bonds is 4. The molecular weight excluding hydrogens is 437 g/mol. The molecular formula is C24H15F2N4NaO2. The summed E-state index contributed by atoms with van der Waals surface area (Å²) in [5.74, 6) is -0.840. The second-order valence-corrected chi connectivity index (χ2v) is 7.10. The molecule has 33 heavy (non-hydrogen) atoms. The molecule has 0 aliphatic heterocycles. The van der Waals surface area contributed by atoms with Crippen LogP contribution < -0.4 is 39.4 Å². The van der Waals surface area contributed by atoms with Crippen LogP contribution in [0.3, 0.4) is 0 Å². The summed E-state index contributed by atoms with van der Waals surface area (Å²) in [6.45, 7) is 1.64. The second-order valence-electron chi connectivity index (χ2n) is 7.10. The zero-order chi connectivity index (χ0) is 22.2. The third-order valence-electron chi connectivity index (χ3n) is 4.93. The molecule has 0 atom stereocenters. The fraction of sp³-hybridized carbons (Fsp3) is 0.0417. The fourth-order valence-electron chi connectivity index (χ4n) is 3.45. The van der Waals surface area contributed by atoms with E-state index < -0.39 is 17.5 Å². The van der Waals surface area contributed by atoms with Gasteiger partial charge in [0.1, 0.15) is 17.4 Å². The van der Waals surface area contributed by atoms with Gasteiger partial charge >= 0.3 is 29.6 Å². The Morgan fingerprint density at radius 3 is 2.45 bits per heavy atom. The van der Waals surface area contributed by atoms with Crippen molar-refractivity contribution >= 4 is 5.65 Å². The van der Waals surface area contributed by atoms with Gasteiger partial charge in [0.15, 0.2) is 5.65 Å². The van der Waals surface area contributed by atoms with E-state index in [4.69, 9.17) is 4.74 Å². The van der Waals surface area contributed by atoms with Crippen molar-refractivity contribution in [3.05, 3.63) is 90.3 Å². The van der Waals surface area contributed by atoms with E-state index in [1.165, 1.54) is 18.3 Å². The van der Waals surface area contributed by atoms with Crippen LogP contribution in [0.4, 0.5) is 8.78 Å². The molecule has 3 aromatic heterocycles. The number of hydrogen-bond donors (Lipinski definition) is 0. The van der Waals surface area contributed by atoms with E-state index in [-0.39, 0.29) is 40.8 Å². The average molecular weight is 452 g/mol. The van der Waals surface area contributed by atoms with Gasteiger partial charge in [-0.25, -0.2) is 23.3 Å². The molecule has 158 valence electrons. The molecule has 3 heterocycles. The smallest absolute Gasteiger partial charge is 0.858 e. The summed E-state index contributed by atoms with van der Waals surface area (Å²) in [6, 6.07) is 17.2. The number of halogens is 2. The normalized spacial score (nSPS) is 10.8. The number of pyridine rings is 1. The summed E-state index contributed by atoms with van der Waals surface area (Å²) in [7, 11) is 0. The van der Waals surface area contributed by atoms with Crippen LogP contribution in [0.1, 0.15) is 5.69 Å². The predicted octanol–water partition coefficient (Wildman–Crippen LogP) is 1.91. The van der Waals surface area contributed by atoms with Crippen molar-refractivity contribution in [2.75, 3.05) is 0 Å². The van der Waals surface area contributed by atoms with Gasteiger partial charge in [-0.2, -0.15) is 5.10 Å².